The van der Waals surface area contributed by atoms with Crippen LogP contribution in [0.4, 0.5) is 10.7 Å². The number of fused-ring (bicyclic) bond motifs is 2. The van der Waals surface area contributed by atoms with Crippen molar-refractivity contribution in [3.05, 3.63) is 74.6 Å². The second-order valence-corrected chi connectivity index (χ2v) is 11.7. The molecule has 0 saturated carbocycles. The van der Waals surface area contributed by atoms with E-state index in [1.165, 1.54) is 34.7 Å². The van der Waals surface area contributed by atoms with Crippen LogP contribution in [0.3, 0.4) is 0 Å². The summed E-state index contributed by atoms with van der Waals surface area (Å²) < 4.78 is 1.09. The second kappa shape index (κ2) is 7.97. The molecule has 0 aliphatic carbocycles. The summed E-state index contributed by atoms with van der Waals surface area (Å²) in [6.45, 7) is 8.69. The van der Waals surface area contributed by atoms with Crippen molar-refractivity contribution in [3.63, 3.8) is 0 Å². The molecule has 3 heterocycles. The molecular weight excluding hydrogens is 468 g/mol. The van der Waals surface area contributed by atoms with E-state index in [4.69, 9.17) is 4.98 Å². The van der Waals surface area contributed by atoms with Gasteiger partial charge in [-0.05, 0) is 63.9 Å². The first-order chi connectivity index (χ1) is 16.0. The molecule has 9 heteroatoms. The maximum absolute atomic E-state index is 13.1. The number of para-hydroxylation sites is 1. The molecule has 0 spiro atoms. The molecule has 7 nitrogen and oxygen atoms in total. The normalized spacial score (nSPS) is 16.2. The third-order valence-corrected chi connectivity index (χ3v) is 8.44. The average molecular weight is 493 g/mol. The summed E-state index contributed by atoms with van der Waals surface area (Å²) in [7, 11) is 0. The predicted molar refractivity (Wildman–Crippen MR) is 138 cm³/mol. The average Bonchev–Trinajstić information content (AvgIpc) is 3.33. The van der Waals surface area contributed by atoms with Crippen LogP contribution in [-0.2, 0) is 12.0 Å². The Bertz CT molecular complexity index is 1400. The topological polar surface area (TPSA) is 97.2 Å². The minimum absolute atomic E-state index is 0.0478. The lowest BCUT2D eigenvalue weighted by molar-refractivity contribution is -0.384. The number of nitrogens with one attached hydrogen (secondary N) is 2. The van der Waals surface area contributed by atoms with E-state index in [9.17, 15) is 14.9 Å². The molecule has 34 heavy (non-hydrogen) atoms. The Hall–Kier alpha value is -3.14. The van der Waals surface area contributed by atoms with Crippen molar-refractivity contribution in [1.29, 1.82) is 0 Å². The molecule has 2 N–H and O–H groups in total. The van der Waals surface area contributed by atoms with Gasteiger partial charge in [0.25, 0.3) is 11.6 Å². The third kappa shape index (κ3) is 4.00. The molecular formula is C25H24N4O3S2. The zero-order valence-electron chi connectivity index (χ0n) is 19.3. The zero-order valence-corrected chi connectivity index (χ0v) is 20.9. The van der Waals surface area contributed by atoms with Crippen molar-refractivity contribution >= 4 is 49.5 Å². The van der Waals surface area contributed by atoms with E-state index in [0.29, 0.717) is 5.56 Å². The van der Waals surface area contributed by atoms with Crippen molar-refractivity contribution < 1.29 is 9.72 Å². The highest BCUT2D eigenvalue weighted by Gasteiger charge is 2.41. The number of thiophene rings is 1. The van der Waals surface area contributed by atoms with Gasteiger partial charge in [0, 0.05) is 39.2 Å². The molecule has 174 valence electrons. The van der Waals surface area contributed by atoms with Gasteiger partial charge >= 0.3 is 0 Å². The molecule has 5 rings (SSSR count). The maximum Gasteiger partial charge on any atom is 0.269 e. The number of amides is 1. The van der Waals surface area contributed by atoms with Gasteiger partial charge in [-0.3, -0.25) is 14.9 Å². The molecule has 1 aliphatic heterocycles. The quantitative estimate of drug-likeness (QED) is 0.256. The number of rotatable bonds is 4. The molecule has 0 unspecified atom stereocenters. The van der Waals surface area contributed by atoms with Crippen LogP contribution in [0.2, 0.25) is 0 Å². The van der Waals surface area contributed by atoms with Gasteiger partial charge in [-0.25, -0.2) is 4.98 Å². The fraction of sp³-hybridized carbons (Fsp3) is 0.280. The van der Waals surface area contributed by atoms with Crippen LogP contribution in [0.1, 0.15) is 48.5 Å². The Morgan fingerprint density at radius 2 is 1.79 bits per heavy atom. The predicted octanol–water partition coefficient (Wildman–Crippen LogP) is 6.34. The number of nitrogens with zero attached hydrogens (tertiary/aromatic N) is 2. The minimum Gasteiger partial charge on any atom is -0.313 e. The molecule has 0 bridgehead atoms. The van der Waals surface area contributed by atoms with Gasteiger partial charge in [0.15, 0.2) is 0 Å². The Balaban J connectivity index is 1.62. The van der Waals surface area contributed by atoms with E-state index in [0.717, 1.165) is 32.2 Å². The molecule has 0 saturated heterocycles. The highest BCUT2D eigenvalue weighted by Crippen LogP contribution is 2.50. The van der Waals surface area contributed by atoms with Crippen LogP contribution in [0.5, 0.6) is 0 Å². The Morgan fingerprint density at radius 3 is 2.47 bits per heavy atom. The van der Waals surface area contributed by atoms with E-state index >= 15 is 0 Å². The molecule has 1 amide bonds. The molecule has 4 aromatic rings. The second-order valence-electron chi connectivity index (χ2n) is 9.67. The summed E-state index contributed by atoms with van der Waals surface area (Å²) in [4.78, 5) is 29.7. The molecule has 0 radical (unpaired) electrons. The van der Waals surface area contributed by atoms with E-state index in [2.05, 4.69) is 44.4 Å². The lowest BCUT2D eigenvalue weighted by Gasteiger charge is -2.42. The minimum atomic E-state index is -0.475. The molecule has 2 aromatic heterocycles. The lowest BCUT2D eigenvalue weighted by atomic mass is 9.81. The molecule has 0 atom stereocenters. The van der Waals surface area contributed by atoms with Gasteiger partial charge in [-0.1, -0.05) is 12.1 Å². The largest absolute Gasteiger partial charge is 0.313 e. The van der Waals surface area contributed by atoms with Gasteiger partial charge in [0.2, 0.25) is 0 Å². The van der Waals surface area contributed by atoms with E-state index in [-0.39, 0.29) is 22.7 Å². The Labute approximate surface area is 205 Å². The van der Waals surface area contributed by atoms with Crippen molar-refractivity contribution in [3.8, 4) is 10.6 Å². The van der Waals surface area contributed by atoms with Gasteiger partial charge in [0.1, 0.15) is 10.0 Å². The van der Waals surface area contributed by atoms with Crippen LogP contribution in [0, 0.1) is 10.1 Å². The zero-order chi connectivity index (χ0) is 24.3. The van der Waals surface area contributed by atoms with Crippen LogP contribution < -0.4 is 10.6 Å². The number of carbonyl (C=O) groups is 1. The van der Waals surface area contributed by atoms with Crippen LogP contribution in [-0.4, -0.2) is 21.4 Å². The summed E-state index contributed by atoms with van der Waals surface area (Å²) in [6.07, 6.45) is 0.806. The fourth-order valence-electron chi connectivity index (χ4n) is 4.73. The first kappa shape index (κ1) is 22.6. The first-order valence-corrected chi connectivity index (χ1v) is 12.5. The van der Waals surface area contributed by atoms with Crippen molar-refractivity contribution in [1.82, 2.24) is 10.3 Å². The lowest BCUT2D eigenvalue weighted by Crippen LogP contribution is -2.54. The number of anilines is 1. The van der Waals surface area contributed by atoms with E-state index in [1.54, 1.807) is 22.7 Å². The molecule has 0 fully saturated rings. The highest BCUT2D eigenvalue weighted by atomic mass is 32.1. The third-order valence-electron chi connectivity index (χ3n) is 5.92. The highest BCUT2D eigenvalue weighted by molar-refractivity contribution is 7.23. The molecule has 2 aromatic carbocycles. The number of nitro groups is 1. The van der Waals surface area contributed by atoms with Crippen molar-refractivity contribution in [2.75, 3.05) is 5.32 Å². The number of carbonyl (C=O) groups excluding carboxylic acids is 1. The standard InChI is InChI=1S/C25H24N4O3S2/c1-24(2)13-16-19(22-26-17-7-5-6-8-18(17)33-22)23(34-20(16)25(3,4)28-24)27-21(30)14-9-11-15(12-10-14)29(31)32/h5-12,28H,13H2,1-4H3,(H,27,30). The van der Waals surface area contributed by atoms with Crippen LogP contribution in [0.15, 0.2) is 48.5 Å². The summed E-state index contributed by atoms with van der Waals surface area (Å²) in [6, 6.07) is 13.7. The van der Waals surface area contributed by atoms with Gasteiger partial charge in [-0.15, -0.1) is 22.7 Å². The summed E-state index contributed by atoms with van der Waals surface area (Å²) in [5.41, 5.74) is 3.03. The summed E-state index contributed by atoms with van der Waals surface area (Å²) in [5.74, 6) is -0.305. The van der Waals surface area contributed by atoms with Crippen LogP contribution >= 0.6 is 22.7 Å². The van der Waals surface area contributed by atoms with Crippen molar-refractivity contribution in [2.45, 2.75) is 45.2 Å². The number of hydrogen-bond acceptors (Lipinski definition) is 7. The van der Waals surface area contributed by atoms with E-state index < -0.39 is 4.92 Å². The number of aromatic nitrogens is 1. The van der Waals surface area contributed by atoms with Crippen LogP contribution in [0.25, 0.3) is 20.8 Å². The smallest absolute Gasteiger partial charge is 0.269 e. The van der Waals surface area contributed by atoms with Crippen molar-refractivity contribution in [2.24, 2.45) is 0 Å². The Kier molecular flexibility index (Phi) is 5.31. The number of hydrogen-bond donors (Lipinski definition) is 2. The van der Waals surface area contributed by atoms with Gasteiger partial charge in [-0.2, -0.15) is 0 Å². The number of non-ortho nitro benzene ring substituents is 1. The molecule has 1 aliphatic rings. The van der Waals surface area contributed by atoms with Gasteiger partial charge in [0.05, 0.1) is 15.1 Å². The fourth-order valence-corrected chi connectivity index (χ4v) is 7.11. The number of nitro benzene ring substituents is 1. The monoisotopic (exact) mass is 492 g/mol. The van der Waals surface area contributed by atoms with Gasteiger partial charge < -0.3 is 10.6 Å². The number of benzene rings is 2. The maximum atomic E-state index is 13.1. The number of thiazole rings is 1. The summed E-state index contributed by atoms with van der Waals surface area (Å²) in [5, 5.41) is 19.4. The SMILES string of the molecule is CC1(C)Cc2c(sc(NC(=O)c3ccc([N+](=O)[O-])cc3)c2-c2nc3ccccc3s2)C(C)(C)N1. The first-order valence-electron chi connectivity index (χ1n) is 10.9. The van der Waals surface area contributed by atoms with E-state index in [1.807, 2.05) is 18.2 Å². The Morgan fingerprint density at radius 1 is 1.09 bits per heavy atom. The summed E-state index contributed by atoms with van der Waals surface area (Å²) >= 11 is 3.19.